The zero-order valence-electron chi connectivity index (χ0n) is 14.5. The summed E-state index contributed by atoms with van der Waals surface area (Å²) < 4.78 is 1.74. The maximum absolute atomic E-state index is 12.5. The highest BCUT2D eigenvalue weighted by Gasteiger charge is 2.22. The van der Waals surface area contributed by atoms with Crippen molar-refractivity contribution in [3.05, 3.63) is 52.7 Å². The van der Waals surface area contributed by atoms with Crippen LogP contribution in [0.3, 0.4) is 0 Å². The van der Waals surface area contributed by atoms with Crippen LogP contribution in [0.15, 0.2) is 41.3 Å². The van der Waals surface area contributed by atoms with Gasteiger partial charge in [-0.2, -0.15) is 5.10 Å². The number of hydrogen-bond acceptors (Lipinski definition) is 4. The van der Waals surface area contributed by atoms with Gasteiger partial charge in [0, 0.05) is 6.04 Å². The van der Waals surface area contributed by atoms with Gasteiger partial charge in [0.2, 0.25) is 0 Å². The number of aromatic amines is 1. The number of likely N-dealkylation sites (tertiary alicyclic amines) is 1. The molecule has 1 aromatic carbocycles. The van der Waals surface area contributed by atoms with Gasteiger partial charge in [-0.05, 0) is 37.9 Å². The number of hydrogen-bond donors (Lipinski definition) is 1. The molecule has 6 heteroatoms. The number of fused-ring (bicyclic) bond motifs is 1. The summed E-state index contributed by atoms with van der Waals surface area (Å²) >= 11 is 0. The van der Waals surface area contributed by atoms with Gasteiger partial charge in [-0.3, -0.25) is 9.69 Å². The van der Waals surface area contributed by atoms with Crippen LogP contribution in [0, 0.1) is 0 Å². The van der Waals surface area contributed by atoms with E-state index in [0.717, 1.165) is 24.5 Å². The smallest absolute Gasteiger partial charge is 0.262 e. The standard InChI is InChI=1S/C19H23N5O/c1-2-14-8-6-7-11-23(14)13-17-21-18-16(19(25)22-17)12-20-24(18)15-9-4-3-5-10-15/h3-5,9-10,12,14H,2,6-8,11,13H2,1H3,(H,21,22,25). The van der Waals surface area contributed by atoms with E-state index in [0.29, 0.717) is 23.6 Å². The predicted molar refractivity (Wildman–Crippen MR) is 97.8 cm³/mol. The summed E-state index contributed by atoms with van der Waals surface area (Å²) in [7, 11) is 0. The number of rotatable bonds is 4. The molecule has 0 bridgehead atoms. The van der Waals surface area contributed by atoms with Gasteiger partial charge < -0.3 is 4.98 Å². The normalized spacial score (nSPS) is 18.7. The second kappa shape index (κ2) is 6.80. The first-order valence-electron chi connectivity index (χ1n) is 9.02. The quantitative estimate of drug-likeness (QED) is 0.795. The van der Waals surface area contributed by atoms with Crippen molar-refractivity contribution in [2.24, 2.45) is 0 Å². The zero-order valence-corrected chi connectivity index (χ0v) is 14.5. The van der Waals surface area contributed by atoms with Crippen LogP contribution >= 0.6 is 0 Å². The highest BCUT2D eigenvalue weighted by Crippen LogP contribution is 2.21. The minimum absolute atomic E-state index is 0.118. The molecule has 25 heavy (non-hydrogen) atoms. The van der Waals surface area contributed by atoms with E-state index in [4.69, 9.17) is 4.98 Å². The van der Waals surface area contributed by atoms with E-state index >= 15 is 0 Å². The van der Waals surface area contributed by atoms with Crippen molar-refractivity contribution in [3.63, 3.8) is 0 Å². The molecule has 1 aliphatic rings. The average Bonchev–Trinajstić information content (AvgIpc) is 3.07. The molecule has 4 rings (SSSR count). The fourth-order valence-electron chi connectivity index (χ4n) is 3.72. The van der Waals surface area contributed by atoms with E-state index in [1.54, 1.807) is 10.9 Å². The Balaban J connectivity index is 1.72. The van der Waals surface area contributed by atoms with Gasteiger partial charge in [0.15, 0.2) is 5.65 Å². The predicted octanol–water partition coefficient (Wildman–Crippen LogP) is 2.87. The molecule has 3 aromatic rings. The second-order valence-electron chi connectivity index (χ2n) is 6.67. The van der Waals surface area contributed by atoms with Crippen molar-refractivity contribution < 1.29 is 0 Å². The molecule has 1 saturated heterocycles. The minimum Gasteiger partial charge on any atom is -0.309 e. The summed E-state index contributed by atoms with van der Waals surface area (Å²) in [6, 6.07) is 10.4. The molecule has 1 aliphatic heterocycles. The first kappa shape index (κ1) is 16.0. The lowest BCUT2D eigenvalue weighted by Gasteiger charge is -2.34. The third-order valence-corrected chi connectivity index (χ3v) is 5.06. The van der Waals surface area contributed by atoms with Crippen LogP contribution < -0.4 is 5.56 Å². The van der Waals surface area contributed by atoms with E-state index in [9.17, 15) is 4.79 Å². The average molecular weight is 337 g/mol. The third-order valence-electron chi connectivity index (χ3n) is 5.06. The van der Waals surface area contributed by atoms with E-state index in [1.165, 1.54) is 19.3 Å². The number of piperidine rings is 1. The summed E-state index contributed by atoms with van der Waals surface area (Å²) in [4.78, 5) is 22.6. The van der Waals surface area contributed by atoms with Crippen LogP contribution in [-0.2, 0) is 6.54 Å². The number of benzene rings is 1. The summed E-state index contributed by atoms with van der Waals surface area (Å²) in [5, 5.41) is 4.89. The van der Waals surface area contributed by atoms with Crippen molar-refractivity contribution in [1.82, 2.24) is 24.6 Å². The topological polar surface area (TPSA) is 66.8 Å². The van der Waals surface area contributed by atoms with Crippen molar-refractivity contribution in [3.8, 4) is 5.69 Å². The van der Waals surface area contributed by atoms with E-state index in [1.807, 2.05) is 30.3 Å². The zero-order chi connectivity index (χ0) is 17.2. The minimum atomic E-state index is -0.118. The van der Waals surface area contributed by atoms with Crippen LogP contribution in [0.25, 0.3) is 16.7 Å². The van der Waals surface area contributed by atoms with Crippen LogP contribution in [-0.4, -0.2) is 37.2 Å². The van der Waals surface area contributed by atoms with E-state index in [2.05, 4.69) is 21.9 Å². The Bertz CT molecular complexity index is 914. The number of nitrogens with one attached hydrogen (secondary N) is 1. The molecule has 1 atom stereocenters. The van der Waals surface area contributed by atoms with Crippen LogP contribution in [0.2, 0.25) is 0 Å². The van der Waals surface area contributed by atoms with Crippen molar-refractivity contribution in [2.45, 2.75) is 45.2 Å². The highest BCUT2D eigenvalue weighted by molar-refractivity contribution is 5.75. The number of para-hydroxylation sites is 1. The van der Waals surface area contributed by atoms with Gasteiger partial charge in [-0.1, -0.05) is 31.5 Å². The van der Waals surface area contributed by atoms with Gasteiger partial charge in [0.25, 0.3) is 5.56 Å². The molecule has 130 valence electrons. The van der Waals surface area contributed by atoms with Crippen LogP contribution in [0.5, 0.6) is 0 Å². The maximum Gasteiger partial charge on any atom is 0.262 e. The molecule has 6 nitrogen and oxygen atoms in total. The summed E-state index contributed by atoms with van der Waals surface area (Å²) in [6.45, 7) is 3.98. The Morgan fingerprint density at radius 3 is 2.88 bits per heavy atom. The Morgan fingerprint density at radius 2 is 2.08 bits per heavy atom. The van der Waals surface area contributed by atoms with E-state index in [-0.39, 0.29) is 5.56 Å². The molecule has 3 heterocycles. The first-order chi connectivity index (χ1) is 12.3. The van der Waals surface area contributed by atoms with E-state index < -0.39 is 0 Å². The molecule has 0 amide bonds. The fraction of sp³-hybridized carbons (Fsp3) is 0.421. The van der Waals surface area contributed by atoms with Crippen molar-refractivity contribution in [1.29, 1.82) is 0 Å². The van der Waals surface area contributed by atoms with Gasteiger partial charge in [0.05, 0.1) is 18.4 Å². The largest absolute Gasteiger partial charge is 0.309 e. The van der Waals surface area contributed by atoms with Crippen molar-refractivity contribution in [2.75, 3.05) is 6.54 Å². The Labute approximate surface area is 146 Å². The van der Waals surface area contributed by atoms with Crippen LogP contribution in [0.4, 0.5) is 0 Å². The van der Waals surface area contributed by atoms with Gasteiger partial charge >= 0.3 is 0 Å². The molecular formula is C19H23N5O. The van der Waals surface area contributed by atoms with Gasteiger partial charge in [-0.25, -0.2) is 9.67 Å². The Hall–Kier alpha value is -2.47. The Morgan fingerprint density at radius 1 is 1.24 bits per heavy atom. The van der Waals surface area contributed by atoms with Crippen molar-refractivity contribution >= 4 is 11.0 Å². The summed E-state index contributed by atoms with van der Waals surface area (Å²) in [6.07, 6.45) is 6.46. The lowest BCUT2D eigenvalue weighted by atomic mass is 10.0. The lowest BCUT2D eigenvalue weighted by molar-refractivity contribution is 0.132. The molecule has 2 aromatic heterocycles. The maximum atomic E-state index is 12.5. The molecule has 1 unspecified atom stereocenters. The summed E-state index contributed by atoms with van der Waals surface area (Å²) in [5.41, 5.74) is 1.41. The molecule has 1 N–H and O–H groups in total. The fourth-order valence-corrected chi connectivity index (χ4v) is 3.72. The molecule has 0 aliphatic carbocycles. The first-order valence-corrected chi connectivity index (χ1v) is 9.02. The number of H-pyrrole nitrogens is 1. The molecular weight excluding hydrogens is 314 g/mol. The molecule has 1 fully saturated rings. The van der Waals surface area contributed by atoms with Crippen LogP contribution in [0.1, 0.15) is 38.4 Å². The Kier molecular flexibility index (Phi) is 4.36. The SMILES string of the molecule is CCC1CCCCN1Cc1nc2c(cnn2-c2ccccc2)c(=O)[nH]1. The number of aromatic nitrogens is 4. The second-order valence-corrected chi connectivity index (χ2v) is 6.67. The third kappa shape index (κ3) is 3.09. The molecule has 0 radical (unpaired) electrons. The van der Waals surface area contributed by atoms with Gasteiger partial charge in [-0.15, -0.1) is 0 Å². The lowest BCUT2D eigenvalue weighted by Crippen LogP contribution is -2.39. The highest BCUT2D eigenvalue weighted by atomic mass is 16.1. The van der Waals surface area contributed by atoms with Gasteiger partial charge in [0.1, 0.15) is 11.2 Å². The molecule has 0 spiro atoms. The summed E-state index contributed by atoms with van der Waals surface area (Å²) in [5.74, 6) is 0.718. The molecule has 0 saturated carbocycles. The monoisotopic (exact) mass is 337 g/mol. The number of nitrogens with zero attached hydrogens (tertiary/aromatic N) is 4.